The van der Waals surface area contributed by atoms with Crippen molar-refractivity contribution >= 4 is 5.97 Å². The standard InChI is InChI=1S/C21H22F2O2/c1-2-14-7-9-15(10-8-14)16-11-12-17(19(23)13-16)21(24)25-20-6-4-3-5-18(20)22/h3-6,11-15H,2,7-10H2,1H3/t14-,15-. The number of carbonyl (C=O) groups is 1. The fourth-order valence-corrected chi connectivity index (χ4v) is 3.54. The van der Waals surface area contributed by atoms with Gasteiger partial charge in [-0.2, -0.15) is 0 Å². The van der Waals surface area contributed by atoms with E-state index in [1.165, 1.54) is 49.6 Å². The maximum atomic E-state index is 14.4. The molecule has 2 aromatic rings. The third kappa shape index (κ3) is 4.06. The highest BCUT2D eigenvalue weighted by molar-refractivity contribution is 5.91. The van der Waals surface area contributed by atoms with E-state index < -0.39 is 17.6 Å². The molecule has 0 heterocycles. The highest BCUT2D eigenvalue weighted by atomic mass is 19.1. The van der Waals surface area contributed by atoms with Crippen LogP contribution in [0.4, 0.5) is 8.78 Å². The molecule has 0 aromatic heterocycles. The first kappa shape index (κ1) is 17.6. The van der Waals surface area contributed by atoms with Crippen LogP contribution in [0.25, 0.3) is 0 Å². The predicted molar refractivity (Wildman–Crippen MR) is 92.7 cm³/mol. The summed E-state index contributed by atoms with van der Waals surface area (Å²) in [5.74, 6) is -1.24. The molecular weight excluding hydrogens is 322 g/mol. The SMILES string of the molecule is CC[C@H]1CC[C@H](c2ccc(C(=O)Oc3ccccc3F)c(F)c2)CC1. The quantitative estimate of drug-likeness (QED) is 0.512. The first-order valence-corrected chi connectivity index (χ1v) is 8.84. The van der Waals surface area contributed by atoms with Crippen molar-refractivity contribution in [1.29, 1.82) is 0 Å². The highest BCUT2D eigenvalue weighted by Crippen LogP contribution is 2.37. The summed E-state index contributed by atoms with van der Waals surface area (Å²) < 4.78 is 32.9. The molecule has 0 N–H and O–H groups in total. The van der Waals surface area contributed by atoms with Crippen LogP contribution in [0.1, 0.15) is 60.9 Å². The minimum atomic E-state index is -0.885. The lowest BCUT2D eigenvalue weighted by atomic mass is 9.78. The number of rotatable bonds is 4. The fourth-order valence-electron chi connectivity index (χ4n) is 3.54. The summed E-state index contributed by atoms with van der Waals surface area (Å²) >= 11 is 0. The van der Waals surface area contributed by atoms with Gasteiger partial charge in [0.25, 0.3) is 0 Å². The van der Waals surface area contributed by atoms with Crippen molar-refractivity contribution in [1.82, 2.24) is 0 Å². The smallest absolute Gasteiger partial charge is 0.346 e. The monoisotopic (exact) mass is 344 g/mol. The van der Waals surface area contributed by atoms with E-state index in [-0.39, 0.29) is 11.3 Å². The zero-order chi connectivity index (χ0) is 17.8. The highest BCUT2D eigenvalue weighted by Gasteiger charge is 2.23. The van der Waals surface area contributed by atoms with Crippen LogP contribution in [0.3, 0.4) is 0 Å². The molecule has 25 heavy (non-hydrogen) atoms. The maximum absolute atomic E-state index is 14.4. The summed E-state index contributed by atoms with van der Waals surface area (Å²) in [6.07, 6.45) is 5.63. The molecular formula is C21H22F2O2. The van der Waals surface area contributed by atoms with E-state index in [4.69, 9.17) is 4.74 Å². The van der Waals surface area contributed by atoms with Crippen LogP contribution in [-0.4, -0.2) is 5.97 Å². The average Bonchev–Trinajstić information content (AvgIpc) is 2.63. The van der Waals surface area contributed by atoms with Gasteiger partial charge in [0, 0.05) is 0 Å². The average molecular weight is 344 g/mol. The van der Waals surface area contributed by atoms with Crippen molar-refractivity contribution < 1.29 is 18.3 Å². The molecule has 1 fully saturated rings. The molecule has 0 spiro atoms. The molecule has 4 heteroatoms. The van der Waals surface area contributed by atoms with Crippen LogP contribution in [0.2, 0.25) is 0 Å². The number of hydrogen-bond acceptors (Lipinski definition) is 2. The number of benzene rings is 2. The van der Waals surface area contributed by atoms with Gasteiger partial charge in [-0.1, -0.05) is 31.5 Å². The van der Waals surface area contributed by atoms with Crippen LogP contribution in [0.15, 0.2) is 42.5 Å². The van der Waals surface area contributed by atoms with E-state index in [2.05, 4.69) is 6.92 Å². The van der Waals surface area contributed by atoms with E-state index in [1.807, 2.05) is 0 Å². The topological polar surface area (TPSA) is 26.3 Å². The largest absolute Gasteiger partial charge is 0.420 e. The van der Waals surface area contributed by atoms with Gasteiger partial charge in [-0.05, 0) is 67.3 Å². The van der Waals surface area contributed by atoms with Gasteiger partial charge in [0.15, 0.2) is 11.6 Å². The number of para-hydroxylation sites is 1. The lowest BCUT2D eigenvalue weighted by Gasteiger charge is -2.28. The van der Waals surface area contributed by atoms with Crippen LogP contribution < -0.4 is 4.74 Å². The second-order valence-electron chi connectivity index (χ2n) is 6.69. The lowest BCUT2D eigenvalue weighted by molar-refractivity contribution is 0.0723. The summed E-state index contributed by atoms with van der Waals surface area (Å²) in [6.45, 7) is 2.21. The minimum absolute atomic E-state index is 0.172. The van der Waals surface area contributed by atoms with Crippen LogP contribution in [0.5, 0.6) is 5.75 Å². The lowest BCUT2D eigenvalue weighted by Crippen LogP contribution is -2.15. The molecule has 0 aliphatic heterocycles. The van der Waals surface area contributed by atoms with Gasteiger partial charge >= 0.3 is 5.97 Å². The normalized spacial score (nSPS) is 20.3. The molecule has 1 aliphatic rings. The molecule has 3 rings (SSSR count). The van der Waals surface area contributed by atoms with Gasteiger partial charge in [-0.15, -0.1) is 0 Å². The second kappa shape index (κ2) is 7.77. The molecule has 2 nitrogen and oxygen atoms in total. The van der Waals surface area contributed by atoms with Gasteiger partial charge in [0.05, 0.1) is 5.56 Å². The molecule has 132 valence electrons. The predicted octanol–water partition coefficient (Wildman–Crippen LogP) is 5.87. The first-order chi connectivity index (χ1) is 12.1. The molecule has 1 aliphatic carbocycles. The van der Waals surface area contributed by atoms with E-state index in [1.54, 1.807) is 12.1 Å². The Morgan fingerprint density at radius 3 is 2.40 bits per heavy atom. The Labute approximate surface area is 146 Å². The van der Waals surface area contributed by atoms with E-state index in [0.717, 1.165) is 24.3 Å². The van der Waals surface area contributed by atoms with Gasteiger partial charge in [0.2, 0.25) is 0 Å². The van der Waals surface area contributed by atoms with Gasteiger partial charge in [0.1, 0.15) is 5.82 Å². The van der Waals surface area contributed by atoms with Crippen molar-refractivity contribution in [2.24, 2.45) is 5.92 Å². The Morgan fingerprint density at radius 1 is 1.04 bits per heavy atom. The Hall–Kier alpha value is -2.23. The van der Waals surface area contributed by atoms with Crippen LogP contribution in [0, 0.1) is 17.6 Å². The molecule has 0 radical (unpaired) electrons. The number of esters is 1. The molecule has 1 saturated carbocycles. The number of halogens is 2. The third-order valence-electron chi connectivity index (χ3n) is 5.15. The Bertz CT molecular complexity index is 749. The molecule has 0 atom stereocenters. The third-order valence-corrected chi connectivity index (χ3v) is 5.15. The number of ether oxygens (including phenoxy) is 1. The molecule has 0 bridgehead atoms. The molecule has 0 saturated heterocycles. The van der Waals surface area contributed by atoms with Gasteiger partial charge in [-0.25, -0.2) is 13.6 Å². The maximum Gasteiger partial charge on any atom is 0.346 e. The van der Waals surface area contributed by atoms with E-state index in [9.17, 15) is 13.6 Å². The summed E-state index contributed by atoms with van der Waals surface area (Å²) in [5.41, 5.74) is 0.753. The summed E-state index contributed by atoms with van der Waals surface area (Å²) in [4.78, 5) is 12.1. The van der Waals surface area contributed by atoms with Crippen molar-refractivity contribution in [2.75, 3.05) is 0 Å². The van der Waals surface area contributed by atoms with Crippen LogP contribution in [-0.2, 0) is 0 Å². The molecule has 0 amide bonds. The van der Waals surface area contributed by atoms with Crippen molar-refractivity contribution in [3.8, 4) is 5.75 Å². The molecule has 2 aromatic carbocycles. The number of carbonyl (C=O) groups excluding carboxylic acids is 1. The summed E-state index contributed by atoms with van der Waals surface area (Å²) in [7, 11) is 0. The zero-order valence-corrected chi connectivity index (χ0v) is 14.3. The van der Waals surface area contributed by atoms with Crippen molar-refractivity contribution in [3.05, 3.63) is 65.2 Å². The summed E-state index contributed by atoms with van der Waals surface area (Å²) in [5, 5.41) is 0. The second-order valence-corrected chi connectivity index (χ2v) is 6.69. The van der Waals surface area contributed by atoms with Crippen molar-refractivity contribution in [3.63, 3.8) is 0 Å². The first-order valence-electron chi connectivity index (χ1n) is 8.84. The fraction of sp³-hybridized carbons (Fsp3) is 0.381. The van der Waals surface area contributed by atoms with Gasteiger partial charge < -0.3 is 4.74 Å². The van der Waals surface area contributed by atoms with E-state index in [0.29, 0.717) is 5.92 Å². The Kier molecular flexibility index (Phi) is 5.47. The van der Waals surface area contributed by atoms with E-state index >= 15 is 0 Å². The Balaban J connectivity index is 1.71. The minimum Gasteiger partial charge on any atom is -0.420 e. The Morgan fingerprint density at radius 2 is 1.76 bits per heavy atom. The summed E-state index contributed by atoms with van der Waals surface area (Å²) in [6, 6.07) is 10.2. The zero-order valence-electron chi connectivity index (χ0n) is 14.3. The molecule has 0 unspecified atom stereocenters. The number of hydrogen-bond donors (Lipinski definition) is 0. The van der Waals surface area contributed by atoms with Gasteiger partial charge in [-0.3, -0.25) is 0 Å². The van der Waals surface area contributed by atoms with Crippen molar-refractivity contribution in [2.45, 2.75) is 44.9 Å². The van der Waals surface area contributed by atoms with Crippen LogP contribution >= 0.6 is 0 Å².